The fourth-order valence-electron chi connectivity index (χ4n) is 6.62. The van der Waals surface area contributed by atoms with Crippen LogP contribution in [-0.2, 0) is 28.6 Å². The van der Waals surface area contributed by atoms with Gasteiger partial charge in [-0.15, -0.1) is 0 Å². The third-order valence-corrected chi connectivity index (χ3v) is 10.4. The number of unbranched alkanes of at least 4 members (excludes halogenated alkanes) is 20. The van der Waals surface area contributed by atoms with E-state index in [9.17, 15) is 14.4 Å². The predicted molar refractivity (Wildman–Crippen MR) is 270 cm³/mol. The highest BCUT2D eigenvalue weighted by atomic mass is 16.6. The number of rotatable bonds is 44. The second-order valence-electron chi connectivity index (χ2n) is 16.5. The van der Waals surface area contributed by atoms with E-state index in [0.29, 0.717) is 19.3 Å². The van der Waals surface area contributed by atoms with Crippen molar-refractivity contribution in [2.75, 3.05) is 13.2 Å². The molecule has 0 N–H and O–H groups in total. The van der Waals surface area contributed by atoms with Crippen molar-refractivity contribution in [3.05, 3.63) is 109 Å². The van der Waals surface area contributed by atoms with Crippen molar-refractivity contribution in [3.8, 4) is 0 Å². The molecule has 0 bridgehead atoms. The zero-order chi connectivity index (χ0) is 45.8. The largest absolute Gasteiger partial charge is 0.462 e. The standard InChI is InChI=1S/C57H92O6/c1-4-7-10-13-16-19-22-25-27-29-31-32-35-38-41-44-47-50-56(59)62-53-54(52-61-55(58)49-46-43-40-37-34-24-21-18-15-12-9-6-3)63-57(60)51-48-45-42-39-36-33-30-28-26-23-20-17-14-11-8-5-2/h7,9-10,12-13,16,18-19,21-22,25,27-32,35,54H,4-6,8,11,14-15,17,20,23-24,26,33-34,36-53H2,1-3H3/b10-7-,12-9-,16-13-,21-18-,22-19-,27-25-,30-28-,31-29+,35-32-. The summed E-state index contributed by atoms with van der Waals surface area (Å²) in [5.74, 6) is -0.978. The number of esters is 3. The molecule has 0 aromatic carbocycles. The van der Waals surface area contributed by atoms with E-state index in [0.717, 1.165) is 116 Å². The van der Waals surface area contributed by atoms with Gasteiger partial charge in [-0.2, -0.15) is 0 Å². The number of carbonyl (C=O) groups excluding carboxylic acids is 3. The molecule has 0 aromatic rings. The van der Waals surface area contributed by atoms with Gasteiger partial charge >= 0.3 is 17.9 Å². The summed E-state index contributed by atoms with van der Waals surface area (Å²) in [5.41, 5.74) is 0. The maximum Gasteiger partial charge on any atom is 0.306 e. The molecule has 1 unspecified atom stereocenters. The van der Waals surface area contributed by atoms with Crippen molar-refractivity contribution in [2.24, 2.45) is 0 Å². The second kappa shape index (κ2) is 50.7. The molecular formula is C57H92O6. The van der Waals surface area contributed by atoms with E-state index in [1.165, 1.54) is 57.8 Å². The Morgan fingerprint density at radius 1 is 0.349 bits per heavy atom. The summed E-state index contributed by atoms with van der Waals surface area (Å²) < 4.78 is 16.7. The molecule has 6 heteroatoms. The molecule has 6 nitrogen and oxygen atoms in total. The minimum atomic E-state index is -0.808. The molecule has 0 fully saturated rings. The van der Waals surface area contributed by atoms with Gasteiger partial charge in [0, 0.05) is 19.3 Å². The zero-order valence-corrected chi connectivity index (χ0v) is 40.5. The second-order valence-corrected chi connectivity index (χ2v) is 16.5. The molecule has 1 atom stereocenters. The lowest BCUT2D eigenvalue weighted by atomic mass is 10.1. The fourth-order valence-corrected chi connectivity index (χ4v) is 6.62. The summed E-state index contributed by atoms with van der Waals surface area (Å²) in [6.45, 7) is 6.31. The summed E-state index contributed by atoms with van der Waals surface area (Å²) in [6, 6.07) is 0. The summed E-state index contributed by atoms with van der Waals surface area (Å²) in [6.07, 6.45) is 67.8. The number of allylic oxidation sites excluding steroid dienone is 18. The van der Waals surface area contributed by atoms with Crippen molar-refractivity contribution in [2.45, 2.75) is 219 Å². The lowest BCUT2D eigenvalue weighted by Gasteiger charge is -2.18. The number of hydrogen-bond acceptors (Lipinski definition) is 6. The van der Waals surface area contributed by atoms with Crippen LogP contribution in [0.15, 0.2) is 109 Å². The molecule has 0 aliphatic rings. The van der Waals surface area contributed by atoms with E-state index in [2.05, 4.69) is 69.4 Å². The van der Waals surface area contributed by atoms with Gasteiger partial charge in [0.05, 0.1) is 0 Å². The van der Waals surface area contributed by atoms with Gasteiger partial charge in [0.25, 0.3) is 0 Å². The van der Waals surface area contributed by atoms with Gasteiger partial charge in [-0.3, -0.25) is 14.4 Å². The lowest BCUT2D eigenvalue weighted by Crippen LogP contribution is -2.30. The van der Waals surface area contributed by atoms with Crippen LogP contribution in [0, 0.1) is 0 Å². The average Bonchev–Trinajstić information content (AvgIpc) is 3.28. The van der Waals surface area contributed by atoms with Gasteiger partial charge in [0.15, 0.2) is 6.10 Å². The molecule has 0 rings (SSSR count). The van der Waals surface area contributed by atoms with Gasteiger partial charge in [-0.25, -0.2) is 0 Å². The molecule has 0 aromatic heterocycles. The Morgan fingerprint density at radius 3 is 1.17 bits per heavy atom. The minimum Gasteiger partial charge on any atom is -0.462 e. The Hall–Kier alpha value is -3.93. The van der Waals surface area contributed by atoms with E-state index in [-0.39, 0.29) is 31.1 Å². The first-order valence-corrected chi connectivity index (χ1v) is 25.5. The van der Waals surface area contributed by atoms with Gasteiger partial charge < -0.3 is 14.2 Å². The summed E-state index contributed by atoms with van der Waals surface area (Å²) in [5, 5.41) is 0. The highest BCUT2D eigenvalue weighted by molar-refractivity contribution is 5.71. The van der Waals surface area contributed by atoms with E-state index in [4.69, 9.17) is 14.2 Å². The summed E-state index contributed by atoms with van der Waals surface area (Å²) >= 11 is 0. The van der Waals surface area contributed by atoms with Crippen molar-refractivity contribution < 1.29 is 28.6 Å². The van der Waals surface area contributed by atoms with E-state index in [1.54, 1.807) is 0 Å². The van der Waals surface area contributed by atoms with Crippen LogP contribution >= 0.6 is 0 Å². The summed E-state index contributed by atoms with van der Waals surface area (Å²) in [7, 11) is 0. The van der Waals surface area contributed by atoms with E-state index < -0.39 is 6.10 Å². The van der Waals surface area contributed by atoms with E-state index >= 15 is 0 Å². The Balaban J connectivity index is 4.52. The Morgan fingerprint density at radius 2 is 0.698 bits per heavy atom. The third-order valence-electron chi connectivity index (χ3n) is 10.4. The smallest absolute Gasteiger partial charge is 0.306 e. The molecule has 0 radical (unpaired) electrons. The van der Waals surface area contributed by atoms with Gasteiger partial charge in [-0.05, 0) is 89.9 Å². The topological polar surface area (TPSA) is 78.9 Å². The number of hydrogen-bond donors (Lipinski definition) is 0. The van der Waals surface area contributed by atoms with Crippen molar-refractivity contribution >= 4 is 17.9 Å². The summed E-state index contributed by atoms with van der Waals surface area (Å²) in [4.78, 5) is 37.9. The molecule has 356 valence electrons. The minimum absolute atomic E-state index is 0.105. The molecule has 0 saturated heterocycles. The Labute approximate surface area is 387 Å². The van der Waals surface area contributed by atoms with Crippen LogP contribution in [0.2, 0.25) is 0 Å². The fraction of sp³-hybridized carbons (Fsp3) is 0.632. The van der Waals surface area contributed by atoms with Crippen molar-refractivity contribution in [1.82, 2.24) is 0 Å². The molecular weight excluding hydrogens is 781 g/mol. The first kappa shape index (κ1) is 59.1. The quantitative estimate of drug-likeness (QED) is 0.0199. The van der Waals surface area contributed by atoms with Crippen LogP contribution in [0.1, 0.15) is 213 Å². The Bertz CT molecular complexity index is 1330. The third kappa shape index (κ3) is 49.0. The van der Waals surface area contributed by atoms with Crippen LogP contribution in [0.25, 0.3) is 0 Å². The molecule has 0 heterocycles. The van der Waals surface area contributed by atoms with Crippen LogP contribution in [-0.4, -0.2) is 37.2 Å². The van der Waals surface area contributed by atoms with Gasteiger partial charge in [-0.1, -0.05) is 214 Å². The average molecular weight is 873 g/mol. The molecule has 0 saturated carbocycles. The molecule has 0 aliphatic carbocycles. The monoisotopic (exact) mass is 873 g/mol. The molecule has 63 heavy (non-hydrogen) atoms. The van der Waals surface area contributed by atoms with Crippen molar-refractivity contribution in [3.63, 3.8) is 0 Å². The normalized spacial score (nSPS) is 13.0. The van der Waals surface area contributed by atoms with Crippen LogP contribution in [0.4, 0.5) is 0 Å². The first-order chi connectivity index (χ1) is 31.0. The Kier molecular flexibility index (Phi) is 47.5. The predicted octanol–water partition coefficient (Wildman–Crippen LogP) is 16.8. The zero-order valence-electron chi connectivity index (χ0n) is 40.5. The number of ether oxygens (including phenoxy) is 3. The highest BCUT2D eigenvalue weighted by Gasteiger charge is 2.19. The van der Waals surface area contributed by atoms with Crippen LogP contribution < -0.4 is 0 Å². The highest BCUT2D eigenvalue weighted by Crippen LogP contribution is 2.13. The number of carbonyl (C=O) groups is 3. The lowest BCUT2D eigenvalue weighted by molar-refractivity contribution is -0.167. The van der Waals surface area contributed by atoms with Crippen LogP contribution in [0.3, 0.4) is 0 Å². The van der Waals surface area contributed by atoms with Gasteiger partial charge in [0.1, 0.15) is 13.2 Å². The molecule has 0 amide bonds. The van der Waals surface area contributed by atoms with Crippen molar-refractivity contribution in [1.29, 1.82) is 0 Å². The van der Waals surface area contributed by atoms with Gasteiger partial charge in [0.2, 0.25) is 0 Å². The van der Waals surface area contributed by atoms with E-state index in [1.807, 2.05) is 60.8 Å². The molecule has 0 spiro atoms. The molecule has 0 aliphatic heterocycles. The maximum atomic E-state index is 12.8. The van der Waals surface area contributed by atoms with Crippen LogP contribution in [0.5, 0.6) is 0 Å². The first-order valence-electron chi connectivity index (χ1n) is 25.5. The maximum absolute atomic E-state index is 12.8. The SMILES string of the molecule is CC\C=C/C=C\C=C/C=C\C=C\C=C/CCCCCC(=O)OCC(COC(=O)CCCCCCC/C=C\C/C=C\CC)OC(=O)CCCCCCC/C=C\CCCCCCCCC.